The molecule has 8 heteroatoms. The molecule has 0 saturated heterocycles. The number of hydrogen-bond donors (Lipinski definition) is 3. The minimum atomic E-state index is -1.10. The van der Waals surface area contributed by atoms with Crippen LogP contribution in [0.1, 0.15) is 41.6 Å². The molecule has 0 bridgehead atoms. The number of ether oxygens (including phenoxy) is 1. The Balaban J connectivity index is 1.50. The van der Waals surface area contributed by atoms with Gasteiger partial charge in [-0.1, -0.05) is 72.8 Å². The van der Waals surface area contributed by atoms with Gasteiger partial charge >= 0.3 is 11.9 Å². The van der Waals surface area contributed by atoms with Gasteiger partial charge < -0.3 is 20.9 Å². The molecule has 2 atom stereocenters. The topological polar surface area (TPSA) is 136 Å². The number of benzene rings is 4. The van der Waals surface area contributed by atoms with E-state index in [-0.39, 0.29) is 32.1 Å². The van der Waals surface area contributed by atoms with Crippen molar-refractivity contribution < 1.29 is 29.0 Å². The SMILES string of the molecule is NC(=O)C[C@H](Cc1ccc2ccccc2c1)OC(=O)[C@H](CCCC(=O)O)NC(=O)c1ccc2ccccc2c1. The van der Waals surface area contributed by atoms with Gasteiger partial charge in [-0.3, -0.25) is 14.4 Å². The van der Waals surface area contributed by atoms with Crippen LogP contribution in [-0.2, 0) is 25.5 Å². The Bertz CT molecular complexity index is 1520. The number of carbonyl (C=O) groups is 4. The molecule has 0 unspecified atom stereocenters. The van der Waals surface area contributed by atoms with Crippen molar-refractivity contribution >= 4 is 45.3 Å². The zero-order chi connectivity index (χ0) is 27.8. The molecule has 39 heavy (non-hydrogen) atoms. The van der Waals surface area contributed by atoms with E-state index >= 15 is 0 Å². The maximum Gasteiger partial charge on any atom is 0.328 e. The van der Waals surface area contributed by atoms with E-state index in [0.717, 1.165) is 27.1 Å². The molecule has 0 heterocycles. The third-order valence-corrected chi connectivity index (χ3v) is 6.47. The zero-order valence-corrected chi connectivity index (χ0v) is 21.3. The number of carboxylic acid groups (broad SMARTS) is 1. The summed E-state index contributed by atoms with van der Waals surface area (Å²) in [6.07, 6.45) is -0.756. The van der Waals surface area contributed by atoms with Crippen LogP contribution in [0.25, 0.3) is 21.5 Å². The summed E-state index contributed by atoms with van der Waals surface area (Å²) < 4.78 is 5.70. The zero-order valence-electron chi connectivity index (χ0n) is 21.3. The summed E-state index contributed by atoms with van der Waals surface area (Å²) in [6.45, 7) is 0. The summed E-state index contributed by atoms with van der Waals surface area (Å²) in [6, 6.07) is 25.3. The van der Waals surface area contributed by atoms with Crippen molar-refractivity contribution in [3.05, 3.63) is 96.1 Å². The van der Waals surface area contributed by atoms with Crippen LogP contribution in [-0.4, -0.2) is 41.0 Å². The molecule has 4 N–H and O–H groups in total. The highest BCUT2D eigenvalue weighted by Crippen LogP contribution is 2.20. The van der Waals surface area contributed by atoms with Gasteiger partial charge in [0.25, 0.3) is 5.91 Å². The van der Waals surface area contributed by atoms with E-state index in [2.05, 4.69) is 5.32 Å². The van der Waals surface area contributed by atoms with Crippen molar-refractivity contribution in [3.8, 4) is 0 Å². The van der Waals surface area contributed by atoms with E-state index in [1.54, 1.807) is 12.1 Å². The first-order valence-corrected chi connectivity index (χ1v) is 12.8. The van der Waals surface area contributed by atoms with Gasteiger partial charge in [-0.2, -0.15) is 0 Å². The Labute approximate surface area is 225 Å². The molecule has 0 saturated carbocycles. The summed E-state index contributed by atoms with van der Waals surface area (Å²) in [5.74, 6) is -2.87. The second-order valence-corrected chi connectivity index (χ2v) is 9.49. The van der Waals surface area contributed by atoms with Crippen molar-refractivity contribution in [3.63, 3.8) is 0 Å². The summed E-state index contributed by atoms with van der Waals surface area (Å²) in [4.78, 5) is 49.2. The lowest BCUT2D eigenvalue weighted by Crippen LogP contribution is -2.43. The molecule has 4 rings (SSSR count). The standard InChI is InChI=1S/C31H30N2O6/c32-28(34)19-26(17-20-12-13-21-6-1-3-8-23(21)16-20)39-31(38)27(10-5-11-29(35)36)33-30(37)25-15-14-22-7-2-4-9-24(22)18-25/h1-4,6-9,12-16,18,26-27H,5,10-11,17,19H2,(H2,32,34)(H,33,37)(H,35,36)/t26-,27-/m0/s1. The van der Waals surface area contributed by atoms with Crippen LogP contribution in [0.4, 0.5) is 0 Å². The van der Waals surface area contributed by atoms with Crippen molar-refractivity contribution in [2.75, 3.05) is 0 Å². The highest BCUT2D eigenvalue weighted by molar-refractivity contribution is 6.00. The van der Waals surface area contributed by atoms with Gasteiger partial charge in [0.2, 0.25) is 5.91 Å². The quantitative estimate of drug-likeness (QED) is 0.235. The van der Waals surface area contributed by atoms with Crippen LogP contribution in [0.2, 0.25) is 0 Å². The van der Waals surface area contributed by atoms with Gasteiger partial charge in [0.05, 0.1) is 6.42 Å². The molecule has 2 amide bonds. The van der Waals surface area contributed by atoms with E-state index in [1.165, 1.54) is 0 Å². The molecule has 4 aromatic rings. The third-order valence-electron chi connectivity index (χ3n) is 6.47. The third kappa shape index (κ3) is 7.64. The molecule has 0 fully saturated rings. The Morgan fingerprint density at radius 2 is 1.44 bits per heavy atom. The molecule has 8 nitrogen and oxygen atoms in total. The first kappa shape index (κ1) is 27.3. The van der Waals surface area contributed by atoms with Gasteiger partial charge in [-0.05, 0) is 52.1 Å². The maximum atomic E-state index is 13.3. The van der Waals surface area contributed by atoms with Crippen molar-refractivity contribution in [1.82, 2.24) is 5.32 Å². The smallest absolute Gasteiger partial charge is 0.328 e. The second-order valence-electron chi connectivity index (χ2n) is 9.49. The number of rotatable bonds is 12. The average Bonchev–Trinajstić information content (AvgIpc) is 2.91. The van der Waals surface area contributed by atoms with Gasteiger partial charge in [0, 0.05) is 18.4 Å². The van der Waals surface area contributed by atoms with E-state index < -0.39 is 35.9 Å². The fraction of sp³-hybridized carbons (Fsp3) is 0.226. The largest absolute Gasteiger partial charge is 0.481 e. The lowest BCUT2D eigenvalue weighted by Gasteiger charge is -2.22. The predicted molar refractivity (Wildman–Crippen MR) is 148 cm³/mol. The number of carboxylic acids is 1. The van der Waals surface area contributed by atoms with E-state index in [1.807, 2.05) is 72.8 Å². The molecular weight excluding hydrogens is 496 g/mol. The fourth-order valence-corrected chi connectivity index (χ4v) is 4.53. The predicted octanol–water partition coefficient (Wildman–Crippen LogP) is 4.38. The monoisotopic (exact) mass is 526 g/mol. The van der Waals surface area contributed by atoms with Crippen LogP contribution in [0, 0.1) is 0 Å². The summed E-state index contributed by atoms with van der Waals surface area (Å²) >= 11 is 0. The molecule has 0 aromatic heterocycles. The number of nitrogens with one attached hydrogen (secondary N) is 1. The first-order chi connectivity index (χ1) is 18.8. The highest BCUT2D eigenvalue weighted by Gasteiger charge is 2.27. The number of carbonyl (C=O) groups excluding carboxylic acids is 3. The van der Waals surface area contributed by atoms with E-state index in [0.29, 0.717) is 5.56 Å². The molecule has 0 spiro atoms. The van der Waals surface area contributed by atoms with Crippen LogP contribution >= 0.6 is 0 Å². The lowest BCUT2D eigenvalue weighted by molar-refractivity contribution is -0.153. The Morgan fingerprint density at radius 3 is 2.08 bits per heavy atom. The molecule has 4 aromatic carbocycles. The number of fused-ring (bicyclic) bond motifs is 2. The van der Waals surface area contributed by atoms with Gasteiger partial charge in [-0.15, -0.1) is 0 Å². The molecule has 0 aliphatic rings. The number of primary amides is 1. The summed E-state index contributed by atoms with van der Waals surface area (Å²) in [7, 11) is 0. The molecular formula is C31H30N2O6. The number of esters is 1. The van der Waals surface area contributed by atoms with Crippen molar-refractivity contribution in [2.24, 2.45) is 5.73 Å². The van der Waals surface area contributed by atoms with E-state index in [4.69, 9.17) is 15.6 Å². The number of hydrogen-bond acceptors (Lipinski definition) is 5. The average molecular weight is 527 g/mol. The minimum Gasteiger partial charge on any atom is -0.481 e. The molecule has 0 aliphatic heterocycles. The first-order valence-electron chi connectivity index (χ1n) is 12.8. The molecule has 200 valence electrons. The van der Waals surface area contributed by atoms with Crippen LogP contribution in [0.5, 0.6) is 0 Å². The Kier molecular flexibility index (Phi) is 8.89. The number of amides is 2. The van der Waals surface area contributed by atoms with Crippen LogP contribution in [0.3, 0.4) is 0 Å². The number of nitrogens with two attached hydrogens (primary N) is 1. The number of aliphatic carboxylic acids is 1. The Hall–Kier alpha value is -4.72. The van der Waals surface area contributed by atoms with Crippen LogP contribution < -0.4 is 11.1 Å². The van der Waals surface area contributed by atoms with Gasteiger partial charge in [0.1, 0.15) is 12.1 Å². The normalized spacial score (nSPS) is 12.5. The molecule has 0 radical (unpaired) electrons. The van der Waals surface area contributed by atoms with Gasteiger partial charge in [-0.25, -0.2) is 4.79 Å². The van der Waals surface area contributed by atoms with E-state index in [9.17, 15) is 19.2 Å². The fourth-order valence-electron chi connectivity index (χ4n) is 4.53. The Morgan fingerprint density at radius 1 is 0.821 bits per heavy atom. The minimum absolute atomic E-state index is 0.0592. The van der Waals surface area contributed by atoms with Crippen molar-refractivity contribution in [1.29, 1.82) is 0 Å². The van der Waals surface area contributed by atoms with Crippen LogP contribution in [0.15, 0.2) is 84.9 Å². The molecule has 0 aliphatic carbocycles. The maximum absolute atomic E-state index is 13.3. The summed E-state index contributed by atoms with van der Waals surface area (Å²) in [5, 5.41) is 15.6. The highest BCUT2D eigenvalue weighted by atomic mass is 16.5. The van der Waals surface area contributed by atoms with Gasteiger partial charge in [0.15, 0.2) is 0 Å². The summed E-state index contributed by atoms with van der Waals surface area (Å²) in [5.41, 5.74) is 6.65. The van der Waals surface area contributed by atoms with Crippen molar-refractivity contribution in [2.45, 2.75) is 44.2 Å². The second kappa shape index (κ2) is 12.7. The lowest BCUT2D eigenvalue weighted by atomic mass is 10.0.